The summed E-state index contributed by atoms with van der Waals surface area (Å²) < 4.78 is 0. The molecule has 0 aromatic rings. The molecule has 16 heavy (non-hydrogen) atoms. The zero-order valence-electron chi connectivity index (χ0n) is 11.1. The maximum atomic E-state index is 10.7. The van der Waals surface area contributed by atoms with Gasteiger partial charge in [0.2, 0.25) is 0 Å². The Hall–Kier alpha value is -0.300. The number of hydrogen-bond acceptors (Lipinski definition) is 1. The van der Waals surface area contributed by atoms with Gasteiger partial charge in [0.15, 0.2) is 0 Å². The number of fused-ring (bicyclic) bond motifs is 1. The minimum absolute atomic E-state index is 0.351. The molecule has 4 unspecified atom stereocenters. The topological polar surface area (TPSA) is 20.2 Å². The van der Waals surface area contributed by atoms with Crippen LogP contribution in [0.1, 0.15) is 59.3 Å². The van der Waals surface area contributed by atoms with Crippen molar-refractivity contribution in [1.29, 1.82) is 0 Å². The van der Waals surface area contributed by atoms with Crippen LogP contribution in [0, 0.1) is 17.3 Å². The highest BCUT2D eigenvalue weighted by molar-refractivity contribution is 5.11. The molecule has 0 aromatic carbocycles. The van der Waals surface area contributed by atoms with Gasteiger partial charge in [0.25, 0.3) is 0 Å². The molecule has 2 aliphatic carbocycles. The van der Waals surface area contributed by atoms with Gasteiger partial charge < -0.3 is 5.11 Å². The molecule has 1 nitrogen and oxygen atoms in total. The molecule has 4 atom stereocenters. The lowest BCUT2D eigenvalue weighted by molar-refractivity contribution is -0.132. The van der Waals surface area contributed by atoms with E-state index in [4.69, 9.17) is 0 Å². The summed E-state index contributed by atoms with van der Waals surface area (Å²) in [7, 11) is 0. The average molecular weight is 222 g/mol. The molecular weight excluding hydrogens is 196 g/mol. The van der Waals surface area contributed by atoms with Gasteiger partial charge in [-0.15, -0.1) is 0 Å². The first-order valence-electron chi connectivity index (χ1n) is 6.75. The summed E-state index contributed by atoms with van der Waals surface area (Å²) in [5.41, 5.74) is 1.15. The summed E-state index contributed by atoms with van der Waals surface area (Å²) >= 11 is 0. The average Bonchev–Trinajstić information content (AvgIpc) is 2.14. The Morgan fingerprint density at radius 1 is 1.19 bits per heavy atom. The molecule has 2 fully saturated rings. The summed E-state index contributed by atoms with van der Waals surface area (Å²) in [6, 6.07) is 0. The third-order valence-electron chi connectivity index (χ3n) is 5.15. The Kier molecular flexibility index (Phi) is 2.94. The molecule has 1 N–H and O–H groups in total. The van der Waals surface area contributed by atoms with Gasteiger partial charge >= 0.3 is 0 Å². The predicted octanol–water partition coefficient (Wildman–Crippen LogP) is 3.92. The van der Waals surface area contributed by atoms with E-state index in [1.807, 2.05) is 0 Å². The van der Waals surface area contributed by atoms with Gasteiger partial charge in [0, 0.05) is 0 Å². The van der Waals surface area contributed by atoms with Crippen molar-refractivity contribution in [2.45, 2.75) is 64.9 Å². The second kappa shape index (κ2) is 3.87. The van der Waals surface area contributed by atoms with Crippen LogP contribution in [0.2, 0.25) is 0 Å². The minimum Gasteiger partial charge on any atom is -0.390 e. The molecule has 92 valence electrons. The van der Waals surface area contributed by atoms with E-state index >= 15 is 0 Å². The molecule has 2 aliphatic rings. The van der Waals surface area contributed by atoms with E-state index in [1.54, 1.807) is 0 Å². The Morgan fingerprint density at radius 3 is 2.44 bits per heavy atom. The maximum Gasteiger partial charge on any atom is 0.0658 e. The zero-order valence-corrected chi connectivity index (χ0v) is 11.1. The normalized spacial score (nSPS) is 48.5. The van der Waals surface area contributed by atoms with Crippen LogP contribution in [-0.4, -0.2) is 10.7 Å². The summed E-state index contributed by atoms with van der Waals surface area (Å²) in [5, 5.41) is 10.7. The molecule has 1 heteroatoms. The van der Waals surface area contributed by atoms with Gasteiger partial charge in [-0.1, -0.05) is 31.9 Å². The molecule has 2 saturated carbocycles. The molecule has 0 radical (unpaired) electrons. The molecule has 0 spiro atoms. The lowest BCUT2D eigenvalue weighted by Crippen LogP contribution is -2.53. The van der Waals surface area contributed by atoms with Crippen molar-refractivity contribution in [2.75, 3.05) is 0 Å². The first kappa shape index (κ1) is 12.2. The van der Waals surface area contributed by atoms with E-state index in [0.717, 1.165) is 6.42 Å². The lowest BCUT2D eigenvalue weighted by atomic mass is 9.51. The summed E-state index contributed by atoms with van der Waals surface area (Å²) in [6.45, 7) is 10.7. The van der Waals surface area contributed by atoms with Crippen molar-refractivity contribution < 1.29 is 5.11 Å². The smallest absolute Gasteiger partial charge is 0.0658 e. The molecule has 2 rings (SSSR count). The third kappa shape index (κ3) is 1.84. The van der Waals surface area contributed by atoms with E-state index in [0.29, 0.717) is 17.3 Å². The maximum absolute atomic E-state index is 10.7. The highest BCUT2D eigenvalue weighted by Crippen LogP contribution is 2.57. The molecule has 0 amide bonds. The minimum atomic E-state index is -0.475. The molecule has 0 bridgehead atoms. The van der Waals surface area contributed by atoms with Gasteiger partial charge in [-0.05, 0) is 56.8 Å². The van der Waals surface area contributed by atoms with Gasteiger partial charge in [-0.3, -0.25) is 0 Å². The quantitative estimate of drug-likeness (QED) is 0.667. The monoisotopic (exact) mass is 222 g/mol. The number of allylic oxidation sites excluding steroid dienone is 1. The standard InChI is InChI=1S/C15H26O/c1-11(2)12-7-5-8-14(3)9-6-10-15(4,16)13(12)14/h12-13,16H,1,5-10H2,2-4H3. The number of hydrogen-bond donors (Lipinski definition) is 1. The van der Waals surface area contributed by atoms with Crippen LogP contribution in [0.4, 0.5) is 0 Å². The highest BCUT2D eigenvalue weighted by atomic mass is 16.3. The van der Waals surface area contributed by atoms with Crippen LogP contribution in [0.3, 0.4) is 0 Å². The van der Waals surface area contributed by atoms with E-state index in [2.05, 4.69) is 27.4 Å². The number of aliphatic hydroxyl groups is 1. The van der Waals surface area contributed by atoms with E-state index in [1.165, 1.54) is 37.7 Å². The zero-order chi connectivity index (χ0) is 12.0. The fraction of sp³-hybridized carbons (Fsp3) is 0.867. The van der Waals surface area contributed by atoms with Crippen LogP contribution in [-0.2, 0) is 0 Å². The third-order valence-corrected chi connectivity index (χ3v) is 5.15. The van der Waals surface area contributed by atoms with Crippen molar-refractivity contribution in [3.05, 3.63) is 12.2 Å². The lowest BCUT2D eigenvalue weighted by Gasteiger charge is -2.56. The van der Waals surface area contributed by atoms with Crippen LogP contribution >= 0.6 is 0 Å². The van der Waals surface area contributed by atoms with Crippen LogP contribution in [0.25, 0.3) is 0 Å². The Labute approximate surface area is 99.9 Å². The highest BCUT2D eigenvalue weighted by Gasteiger charge is 2.52. The van der Waals surface area contributed by atoms with Crippen molar-refractivity contribution in [3.63, 3.8) is 0 Å². The van der Waals surface area contributed by atoms with Crippen LogP contribution in [0.5, 0.6) is 0 Å². The van der Waals surface area contributed by atoms with Gasteiger partial charge in [0.1, 0.15) is 0 Å². The summed E-state index contributed by atoms with van der Waals surface area (Å²) in [4.78, 5) is 0. The number of rotatable bonds is 1. The summed E-state index contributed by atoms with van der Waals surface area (Å²) in [6.07, 6.45) is 7.27. The van der Waals surface area contributed by atoms with Gasteiger partial charge in [-0.25, -0.2) is 0 Å². The van der Waals surface area contributed by atoms with Crippen molar-refractivity contribution >= 4 is 0 Å². The molecule has 0 aliphatic heterocycles. The van der Waals surface area contributed by atoms with Crippen LogP contribution < -0.4 is 0 Å². The first-order valence-corrected chi connectivity index (χ1v) is 6.75. The van der Waals surface area contributed by atoms with Crippen LogP contribution in [0.15, 0.2) is 12.2 Å². The van der Waals surface area contributed by atoms with Crippen molar-refractivity contribution in [1.82, 2.24) is 0 Å². The van der Waals surface area contributed by atoms with Crippen molar-refractivity contribution in [3.8, 4) is 0 Å². The second-order valence-electron chi connectivity index (χ2n) is 6.69. The first-order chi connectivity index (χ1) is 7.37. The van der Waals surface area contributed by atoms with Gasteiger partial charge in [0.05, 0.1) is 5.60 Å². The summed E-state index contributed by atoms with van der Waals surface area (Å²) in [5.74, 6) is 0.967. The van der Waals surface area contributed by atoms with E-state index in [-0.39, 0.29) is 0 Å². The largest absolute Gasteiger partial charge is 0.390 e. The second-order valence-corrected chi connectivity index (χ2v) is 6.69. The molecule has 0 heterocycles. The van der Waals surface area contributed by atoms with E-state index < -0.39 is 5.60 Å². The van der Waals surface area contributed by atoms with Gasteiger partial charge in [-0.2, -0.15) is 0 Å². The SMILES string of the molecule is C=C(C)C1CCCC2(C)CCCC(C)(O)C12. The van der Waals surface area contributed by atoms with E-state index in [9.17, 15) is 5.11 Å². The Bertz CT molecular complexity index is 288. The fourth-order valence-electron chi connectivity index (χ4n) is 4.53. The molecule has 0 saturated heterocycles. The predicted molar refractivity (Wildman–Crippen MR) is 68.2 cm³/mol. The fourth-order valence-corrected chi connectivity index (χ4v) is 4.53. The Balaban J connectivity index is 2.35. The Morgan fingerprint density at radius 2 is 1.81 bits per heavy atom. The van der Waals surface area contributed by atoms with Crippen molar-refractivity contribution in [2.24, 2.45) is 17.3 Å². The molecular formula is C15H26O. The molecule has 0 aromatic heterocycles.